The zero-order valence-electron chi connectivity index (χ0n) is 6.41. The average Bonchev–Trinajstić information content (AvgIpc) is 1.86. The molecule has 0 aromatic rings. The normalized spacial score (nSPS) is 18.6. The van der Waals surface area contributed by atoms with E-state index in [-0.39, 0.29) is 0 Å². The first-order chi connectivity index (χ1) is 4.41. The summed E-state index contributed by atoms with van der Waals surface area (Å²) in [6.07, 6.45) is -1.51. The summed E-state index contributed by atoms with van der Waals surface area (Å²) in [6, 6.07) is 0. The lowest BCUT2D eigenvalue weighted by atomic mass is 9.98. The lowest BCUT2D eigenvalue weighted by Crippen LogP contribution is -2.61. The van der Waals surface area contributed by atoms with Crippen LogP contribution in [0.2, 0.25) is 0 Å². The van der Waals surface area contributed by atoms with Crippen LogP contribution in [-0.2, 0) is 0 Å². The van der Waals surface area contributed by atoms with E-state index >= 15 is 0 Å². The van der Waals surface area contributed by atoms with E-state index in [1.165, 1.54) is 6.92 Å². The van der Waals surface area contributed by atoms with Crippen LogP contribution in [0.4, 0.5) is 0 Å². The van der Waals surface area contributed by atoms with Crippen molar-refractivity contribution in [3.63, 3.8) is 0 Å². The third kappa shape index (κ3) is 2.22. The largest absolute Gasteiger partial charge is 0.391 e. The molecular weight excluding hydrogens is 132 g/mol. The Bertz CT molecular complexity index is 104. The summed E-state index contributed by atoms with van der Waals surface area (Å²) in [5, 5.41) is 18.0. The van der Waals surface area contributed by atoms with E-state index in [0.717, 1.165) is 0 Å². The van der Waals surface area contributed by atoms with Crippen molar-refractivity contribution >= 4 is 0 Å². The molecule has 4 nitrogen and oxygen atoms in total. The quantitative estimate of drug-likeness (QED) is 0.376. The Kier molecular flexibility index (Phi) is 3.24. The minimum absolute atomic E-state index is 0.430. The number of hydrogen-bond acceptors (Lipinski definition) is 4. The third-order valence-corrected chi connectivity index (χ3v) is 1.62. The lowest BCUT2D eigenvalue weighted by molar-refractivity contribution is -0.0194. The van der Waals surface area contributed by atoms with E-state index < -0.39 is 17.9 Å². The molecule has 0 aliphatic carbocycles. The smallest absolute Gasteiger partial charge is 0.110 e. The van der Waals surface area contributed by atoms with Gasteiger partial charge in [-0.1, -0.05) is 6.92 Å². The van der Waals surface area contributed by atoms with Gasteiger partial charge in [0.25, 0.3) is 0 Å². The molecular formula is C6H16N2O2. The molecule has 10 heavy (non-hydrogen) atoms. The van der Waals surface area contributed by atoms with Crippen LogP contribution < -0.4 is 11.5 Å². The van der Waals surface area contributed by atoms with Crippen molar-refractivity contribution in [1.82, 2.24) is 0 Å². The molecule has 2 unspecified atom stereocenters. The maximum absolute atomic E-state index is 9.15. The van der Waals surface area contributed by atoms with Crippen molar-refractivity contribution in [2.45, 2.75) is 38.1 Å². The van der Waals surface area contributed by atoms with Gasteiger partial charge in [-0.15, -0.1) is 0 Å². The van der Waals surface area contributed by atoms with Crippen molar-refractivity contribution in [2.75, 3.05) is 0 Å². The Morgan fingerprint density at radius 1 is 1.40 bits per heavy atom. The molecule has 62 valence electrons. The van der Waals surface area contributed by atoms with Crippen LogP contribution in [0.25, 0.3) is 0 Å². The van der Waals surface area contributed by atoms with Gasteiger partial charge in [0.15, 0.2) is 0 Å². The highest BCUT2D eigenvalue weighted by Crippen LogP contribution is 2.07. The monoisotopic (exact) mass is 148 g/mol. The number of rotatable bonds is 3. The van der Waals surface area contributed by atoms with E-state index in [9.17, 15) is 0 Å². The maximum Gasteiger partial charge on any atom is 0.110 e. The Morgan fingerprint density at radius 3 is 1.90 bits per heavy atom. The van der Waals surface area contributed by atoms with E-state index in [2.05, 4.69) is 0 Å². The van der Waals surface area contributed by atoms with Crippen molar-refractivity contribution in [3.8, 4) is 0 Å². The van der Waals surface area contributed by atoms with Gasteiger partial charge in [0.2, 0.25) is 0 Å². The first-order valence-corrected chi connectivity index (χ1v) is 3.35. The molecule has 0 aromatic heterocycles. The Morgan fingerprint density at radius 2 is 1.80 bits per heavy atom. The molecule has 4 heteroatoms. The SMILES string of the molecule is CCC(N)(N)C(O)C(C)O. The Labute approximate surface area is 60.8 Å². The summed E-state index contributed by atoms with van der Waals surface area (Å²) in [7, 11) is 0. The fourth-order valence-electron chi connectivity index (χ4n) is 0.658. The molecule has 0 heterocycles. The van der Waals surface area contributed by atoms with Gasteiger partial charge in [0.05, 0.1) is 11.8 Å². The van der Waals surface area contributed by atoms with Gasteiger partial charge < -0.3 is 21.7 Å². The first kappa shape index (κ1) is 9.84. The minimum atomic E-state index is -1.17. The topological polar surface area (TPSA) is 92.5 Å². The van der Waals surface area contributed by atoms with Crippen molar-refractivity contribution < 1.29 is 10.2 Å². The molecule has 0 amide bonds. The van der Waals surface area contributed by atoms with Gasteiger partial charge in [-0.05, 0) is 13.3 Å². The predicted molar refractivity (Wildman–Crippen MR) is 39.1 cm³/mol. The van der Waals surface area contributed by atoms with Gasteiger partial charge in [-0.2, -0.15) is 0 Å². The lowest BCUT2D eigenvalue weighted by Gasteiger charge is -2.30. The molecule has 0 radical (unpaired) electrons. The Balaban J connectivity index is 4.03. The summed E-state index contributed by atoms with van der Waals surface area (Å²) >= 11 is 0. The van der Waals surface area contributed by atoms with E-state index in [4.69, 9.17) is 21.7 Å². The predicted octanol–water partition coefficient (Wildman–Crippen LogP) is -1.25. The second-order valence-electron chi connectivity index (χ2n) is 2.65. The second kappa shape index (κ2) is 3.30. The van der Waals surface area contributed by atoms with Gasteiger partial charge in [-0.3, -0.25) is 0 Å². The molecule has 0 rings (SSSR count). The van der Waals surface area contributed by atoms with Gasteiger partial charge in [0, 0.05) is 0 Å². The molecule has 0 aliphatic heterocycles. The number of aliphatic hydroxyl groups excluding tert-OH is 2. The summed E-state index contributed by atoms with van der Waals surface area (Å²) in [4.78, 5) is 0. The van der Waals surface area contributed by atoms with Crippen LogP contribution in [0.1, 0.15) is 20.3 Å². The molecule has 0 aromatic carbocycles. The van der Waals surface area contributed by atoms with Gasteiger partial charge >= 0.3 is 0 Å². The van der Waals surface area contributed by atoms with E-state index in [0.29, 0.717) is 6.42 Å². The fourth-order valence-corrected chi connectivity index (χ4v) is 0.658. The highest BCUT2D eigenvalue weighted by Gasteiger charge is 2.30. The number of aliphatic hydroxyl groups is 2. The van der Waals surface area contributed by atoms with Gasteiger partial charge in [-0.25, -0.2) is 0 Å². The molecule has 0 spiro atoms. The molecule has 6 N–H and O–H groups in total. The molecule has 0 aliphatic rings. The van der Waals surface area contributed by atoms with Gasteiger partial charge in [0.1, 0.15) is 6.10 Å². The van der Waals surface area contributed by atoms with Crippen LogP contribution >= 0.6 is 0 Å². The highest BCUT2D eigenvalue weighted by molar-refractivity contribution is 4.86. The standard InChI is InChI=1S/C6H16N2O2/c1-3-6(7,8)5(10)4(2)9/h4-5,9-10H,3,7-8H2,1-2H3. The van der Waals surface area contributed by atoms with Crippen LogP contribution in [0.3, 0.4) is 0 Å². The van der Waals surface area contributed by atoms with Crippen LogP contribution in [0.5, 0.6) is 0 Å². The van der Waals surface area contributed by atoms with E-state index in [1.807, 2.05) is 0 Å². The zero-order chi connectivity index (χ0) is 8.36. The molecule has 0 saturated heterocycles. The summed E-state index contributed by atoms with van der Waals surface area (Å²) in [5.74, 6) is 0. The first-order valence-electron chi connectivity index (χ1n) is 3.35. The summed E-state index contributed by atoms with van der Waals surface area (Å²) in [5.41, 5.74) is 9.68. The summed E-state index contributed by atoms with van der Waals surface area (Å²) < 4.78 is 0. The molecule has 2 atom stereocenters. The van der Waals surface area contributed by atoms with Crippen molar-refractivity contribution in [1.29, 1.82) is 0 Å². The number of nitrogens with two attached hydrogens (primary N) is 2. The maximum atomic E-state index is 9.15. The van der Waals surface area contributed by atoms with Crippen LogP contribution in [0, 0.1) is 0 Å². The summed E-state index contributed by atoms with van der Waals surface area (Å²) in [6.45, 7) is 3.21. The third-order valence-electron chi connectivity index (χ3n) is 1.62. The van der Waals surface area contributed by atoms with Crippen molar-refractivity contribution in [2.24, 2.45) is 11.5 Å². The molecule has 0 fully saturated rings. The van der Waals surface area contributed by atoms with Crippen LogP contribution in [-0.4, -0.2) is 28.1 Å². The minimum Gasteiger partial charge on any atom is -0.391 e. The Hall–Kier alpha value is -0.160. The second-order valence-corrected chi connectivity index (χ2v) is 2.65. The average molecular weight is 148 g/mol. The van der Waals surface area contributed by atoms with E-state index in [1.54, 1.807) is 6.92 Å². The zero-order valence-corrected chi connectivity index (χ0v) is 6.41. The molecule has 0 saturated carbocycles. The van der Waals surface area contributed by atoms with Crippen molar-refractivity contribution in [3.05, 3.63) is 0 Å². The fraction of sp³-hybridized carbons (Fsp3) is 1.00. The highest BCUT2D eigenvalue weighted by atomic mass is 16.3. The van der Waals surface area contributed by atoms with Crippen LogP contribution in [0.15, 0.2) is 0 Å². The molecule has 0 bridgehead atoms. The number of hydrogen-bond donors (Lipinski definition) is 4.